The zero-order valence-corrected chi connectivity index (χ0v) is 11.4. The fraction of sp³-hybridized carbons (Fsp3) is 0.118. The molecule has 2 aromatic carbocycles. The van der Waals surface area contributed by atoms with Crippen molar-refractivity contribution in [2.75, 3.05) is 12.3 Å². The van der Waals surface area contributed by atoms with Crippen LogP contribution in [0.5, 0.6) is 0 Å². The number of rotatable bonds is 4. The second-order valence-electron chi connectivity index (χ2n) is 4.78. The summed E-state index contributed by atoms with van der Waals surface area (Å²) in [6.45, 7) is 0.321. The van der Waals surface area contributed by atoms with Crippen molar-refractivity contribution in [3.05, 3.63) is 65.9 Å². The Morgan fingerprint density at radius 1 is 1.10 bits per heavy atom. The summed E-state index contributed by atoms with van der Waals surface area (Å²) in [6.07, 6.45) is 0.680. The zero-order chi connectivity index (χ0) is 14.7. The van der Waals surface area contributed by atoms with Crippen molar-refractivity contribution in [3.8, 4) is 0 Å². The molecule has 0 amide bonds. The highest BCUT2D eigenvalue weighted by molar-refractivity contribution is 5.93. The van der Waals surface area contributed by atoms with Gasteiger partial charge in [-0.1, -0.05) is 30.3 Å². The standard InChI is InChI=1S/C17H15NO3/c18-14-6-7-15-13(10-14)11-16(21-15)17(19)20-9-8-12-4-2-1-3-5-12/h1-7,10-11H,8-9,18H2. The summed E-state index contributed by atoms with van der Waals surface area (Å²) < 4.78 is 10.7. The Labute approximate surface area is 122 Å². The van der Waals surface area contributed by atoms with Crippen molar-refractivity contribution in [2.24, 2.45) is 0 Å². The molecule has 4 nitrogen and oxygen atoms in total. The molecule has 1 heterocycles. The molecule has 0 bridgehead atoms. The summed E-state index contributed by atoms with van der Waals surface area (Å²) in [5.41, 5.74) is 8.08. The lowest BCUT2D eigenvalue weighted by Crippen LogP contribution is -2.07. The van der Waals surface area contributed by atoms with Crippen LogP contribution >= 0.6 is 0 Å². The van der Waals surface area contributed by atoms with Gasteiger partial charge in [0, 0.05) is 17.5 Å². The van der Waals surface area contributed by atoms with Gasteiger partial charge in [-0.2, -0.15) is 0 Å². The quantitative estimate of drug-likeness (QED) is 0.588. The minimum Gasteiger partial charge on any atom is -0.459 e. The van der Waals surface area contributed by atoms with Crippen LogP contribution in [0.1, 0.15) is 16.1 Å². The summed E-state index contributed by atoms with van der Waals surface area (Å²) >= 11 is 0. The first-order valence-electron chi connectivity index (χ1n) is 6.72. The molecule has 0 saturated heterocycles. The molecule has 106 valence electrons. The number of fused-ring (bicyclic) bond motifs is 1. The van der Waals surface area contributed by atoms with E-state index >= 15 is 0 Å². The molecule has 0 aliphatic carbocycles. The Morgan fingerprint density at radius 2 is 1.90 bits per heavy atom. The van der Waals surface area contributed by atoms with Crippen molar-refractivity contribution in [2.45, 2.75) is 6.42 Å². The third-order valence-corrected chi connectivity index (χ3v) is 3.21. The van der Waals surface area contributed by atoms with Gasteiger partial charge in [0.25, 0.3) is 0 Å². The second kappa shape index (κ2) is 5.71. The Bertz CT molecular complexity index is 762. The molecular formula is C17H15NO3. The first-order valence-corrected chi connectivity index (χ1v) is 6.72. The summed E-state index contributed by atoms with van der Waals surface area (Å²) in [4.78, 5) is 11.9. The molecule has 0 aliphatic heterocycles. The van der Waals surface area contributed by atoms with E-state index in [1.165, 1.54) is 0 Å². The largest absolute Gasteiger partial charge is 0.459 e. The fourth-order valence-corrected chi connectivity index (χ4v) is 2.14. The Balaban J connectivity index is 1.64. The minimum atomic E-state index is -0.458. The van der Waals surface area contributed by atoms with E-state index in [-0.39, 0.29) is 5.76 Å². The third kappa shape index (κ3) is 3.05. The maximum Gasteiger partial charge on any atom is 0.374 e. The van der Waals surface area contributed by atoms with Crippen LogP contribution in [0, 0.1) is 0 Å². The number of nitrogen functional groups attached to an aromatic ring is 1. The van der Waals surface area contributed by atoms with Gasteiger partial charge in [0.15, 0.2) is 0 Å². The smallest absolute Gasteiger partial charge is 0.374 e. The van der Waals surface area contributed by atoms with Gasteiger partial charge in [-0.25, -0.2) is 4.79 Å². The molecule has 0 fully saturated rings. The first-order chi connectivity index (χ1) is 10.2. The number of carbonyl (C=O) groups is 1. The predicted molar refractivity (Wildman–Crippen MR) is 81.1 cm³/mol. The molecule has 1 aromatic heterocycles. The Morgan fingerprint density at radius 3 is 2.71 bits per heavy atom. The fourth-order valence-electron chi connectivity index (χ4n) is 2.14. The molecule has 4 heteroatoms. The first kappa shape index (κ1) is 13.2. The van der Waals surface area contributed by atoms with Crippen LogP contribution in [0.4, 0.5) is 5.69 Å². The number of furan rings is 1. The third-order valence-electron chi connectivity index (χ3n) is 3.21. The highest BCUT2D eigenvalue weighted by atomic mass is 16.5. The molecule has 0 aliphatic rings. The number of ether oxygens (including phenoxy) is 1. The van der Waals surface area contributed by atoms with Gasteiger partial charge in [0.1, 0.15) is 5.58 Å². The number of carbonyl (C=O) groups excluding carboxylic acids is 1. The van der Waals surface area contributed by atoms with Crippen molar-refractivity contribution in [1.82, 2.24) is 0 Å². The number of benzene rings is 2. The van der Waals surface area contributed by atoms with E-state index in [1.807, 2.05) is 30.3 Å². The molecular weight excluding hydrogens is 266 g/mol. The van der Waals surface area contributed by atoms with Crippen LogP contribution in [-0.4, -0.2) is 12.6 Å². The molecule has 0 spiro atoms. The molecule has 0 atom stereocenters. The SMILES string of the molecule is Nc1ccc2oc(C(=O)OCCc3ccccc3)cc2c1. The van der Waals surface area contributed by atoms with E-state index in [0.29, 0.717) is 24.3 Å². The van der Waals surface area contributed by atoms with E-state index in [1.54, 1.807) is 24.3 Å². The van der Waals surface area contributed by atoms with Gasteiger partial charge in [0.05, 0.1) is 6.61 Å². The van der Waals surface area contributed by atoms with Crippen LogP contribution in [0.3, 0.4) is 0 Å². The number of esters is 1. The van der Waals surface area contributed by atoms with E-state index in [4.69, 9.17) is 14.9 Å². The monoisotopic (exact) mass is 281 g/mol. The summed E-state index contributed by atoms with van der Waals surface area (Å²) in [6, 6.07) is 16.8. The second-order valence-corrected chi connectivity index (χ2v) is 4.78. The van der Waals surface area contributed by atoms with E-state index in [0.717, 1.165) is 10.9 Å². The van der Waals surface area contributed by atoms with Crippen molar-refractivity contribution in [3.63, 3.8) is 0 Å². The van der Waals surface area contributed by atoms with Crippen LogP contribution in [0.2, 0.25) is 0 Å². The summed E-state index contributed by atoms with van der Waals surface area (Å²) in [5, 5.41) is 0.796. The van der Waals surface area contributed by atoms with E-state index in [9.17, 15) is 4.79 Å². The van der Waals surface area contributed by atoms with Gasteiger partial charge in [-0.15, -0.1) is 0 Å². The van der Waals surface area contributed by atoms with Gasteiger partial charge in [0.2, 0.25) is 5.76 Å². The molecule has 2 N–H and O–H groups in total. The Kier molecular flexibility index (Phi) is 3.60. The van der Waals surface area contributed by atoms with Gasteiger partial charge >= 0.3 is 5.97 Å². The highest BCUT2D eigenvalue weighted by Crippen LogP contribution is 2.22. The molecule has 0 saturated carbocycles. The molecule has 0 unspecified atom stereocenters. The van der Waals surface area contributed by atoms with Crippen LogP contribution in [0.15, 0.2) is 59.0 Å². The van der Waals surface area contributed by atoms with Gasteiger partial charge in [-0.3, -0.25) is 0 Å². The maximum absolute atomic E-state index is 11.9. The van der Waals surface area contributed by atoms with Crippen LogP contribution in [-0.2, 0) is 11.2 Å². The van der Waals surface area contributed by atoms with Crippen molar-refractivity contribution in [1.29, 1.82) is 0 Å². The number of hydrogen-bond donors (Lipinski definition) is 1. The maximum atomic E-state index is 11.9. The van der Waals surface area contributed by atoms with Gasteiger partial charge in [-0.05, 0) is 29.8 Å². The lowest BCUT2D eigenvalue weighted by Gasteiger charge is -2.02. The topological polar surface area (TPSA) is 65.5 Å². The normalized spacial score (nSPS) is 10.7. The van der Waals surface area contributed by atoms with Crippen LogP contribution < -0.4 is 5.73 Å². The minimum absolute atomic E-state index is 0.198. The zero-order valence-electron chi connectivity index (χ0n) is 11.4. The average Bonchev–Trinajstić information content (AvgIpc) is 2.91. The lowest BCUT2D eigenvalue weighted by atomic mass is 10.2. The molecule has 3 rings (SSSR count). The number of anilines is 1. The highest BCUT2D eigenvalue weighted by Gasteiger charge is 2.13. The summed E-state index contributed by atoms with van der Waals surface area (Å²) in [7, 11) is 0. The molecule has 21 heavy (non-hydrogen) atoms. The van der Waals surface area contributed by atoms with E-state index < -0.39 is 5.97 Å². The number of nitrogens with two attached hydrogens (primary N) is 1. The van der Waals surface area contributed by atoms with E-state index in [2.05, 4.69) is 0 Å². The average molecular weight is 281 g/mol. The number of hydrogen-bond acceptors (Lipinski definition) is 4. The summed E-state index contributed by atoms with van der Waals surface area (Å²) in [5.74, 6) is -0.260. The van der Waals surface area contributed by atoms with Crippen LogP contribution in [0.25, 0.3) is 11.0 Å². The molecule has 3 aromatic rings. The lowest BCUT2D eigenvalue weighted by molar-refractivity contribution is 0.0475. The van der Waals surface area contributed by atoms with Crippen molar-refractivity contribution < 1.29 is 13.9 Å². The van der Waals surface area contributed by atoms with Gasteiger partial charge < -0.3 is 14.9 Å². The predicted octanol–water partition coefficient (Wildman–Crippen LogP) is 3.41. The Hall–Kier alpha value is -2.75. The molecule has 0 radical (unpaired) electrons. The van der Waals surface area contributed by atoms with Crippen molar-refractivity contribution >= 4 is 22.6 Å².